The highest BCUT2D eigenvalue weighted by molar-refractivity contribution is 9.09. The summed E-state index contributed by atoms with van der Waals surface area (Å²) in [6.45, 7) is 1.28. The van der Waals surface area contributed by atoms with Crippen LogP contribution in [0.2, 0.25) is 0 Å². The van der Waals surface area contributed by atoms with Crippen LogP contribution in [0.15, 0.2) is 5.38 Å². The van der Waals surface area contributed by atoms with Crippen molar-refractivity contribution in [1.82, 2.24) is 4.98 Å². The third-order valence-corrected chi connectivity index (χ3v) is 3.20. The van der Waals surface area contributed by atoms with Crippen molar-refractivity contribution in [3.63, 3.8) is 0 Å². The molecule has 0 N–H and O–H groups in total. The summed E-state index contributed by atoms with van der Waals surface area (Å²) in [5, 5.41) is 2.73. The average Bonchev–Trinajstić information content (AvgIpc) is 2.63. The number of alkyl halides is 4. The molecule has 0 atom stereocenters. The average molecular weight is 317 g/mol. The minimum atomic E-state index is -4.19. The van der Waals surface area contributed by atoms with E-state index in [2.05, 4.69) is 20.9 Å². The molecule has 0 aliphatic rings. The number of halogens is 4. The van der Waals surface area contributed by atoms with Crippen LogP contribution >= 0.6 is 27.3 Å². The maximum absolute atomic E-state index is 12.3. The maximum atomic E-state index is 12.3. The smallest absolute Gasteiger partial charge is 0.338 e. The Morgan fingerprint density at radius 2 is 2.19 bits per heavy atom. The zero-order valence-corrected chi connectivity index (χ0v) is 11.1. The molecule has 0 unspecified atom stereocenters. The molecule has 92 valence electrons. The fraction of sp³-hybridized carbons (Fsp3) is 0.667. The lowest BCUT2D eigenvalue weighted by Crippen LogP contribution is -2.35. The predicted octanol–water partition coefficient (Wildman–Crippen LogP) is 3.47. The zero-order valence-electron chi connectivity index (χ0n) is 8.72. The molecule has 0 amide bonds. The van der Waals surface area contributed by atoms with Crippen LogP contribution in [-0.4, -0.2) is 29.6 Å². The highest BCUT2D eigenvalue weighted by Crippen LogP contribution is 2.25. The minimum Gasteiger partial charge on any atom is -0.338 e. The number of nitrogens with zero attached hydrogens (tertiary/aromatic N) is 2. The molecule has 2 nitrogen and oxygen atoms in total. The first-order valence-electron chi connectivity index (χ1n) is 4.78. The van der Waals surface area contributed by atoms with Gasteiger partial charge in [0.05, 0.1) is 5.69 Å². The van der Waals surface area contributed by atoms with Gasteiger partial charge in [0, 0.05) is 17.3 Å². The van der Waals surface area contributed by atoms with E-state index in [1.165, 1.54) is 16.2 Å². The number of anilines is 1. The van der Waals surface area contributed by atoms with Crippen molar-refractivity contribution in [3.8, 4) is 0 Å². The van der Waals surface area contributed by atoms with E-state index >= 15 is 0 Å². The standard InChI is InChI=1S/C9H12BrF3N2S/c1-2-7-5-16-8(14-7)15(4-3-10)6-9(11,12)13/h5H,2-4,6H2,1H3. The first-order valence-corrected chi connectivity index (χ1v) is 6.78. The van der Waals surface area contributed by atoms with Crippen LogP contribution in [0.1, 0.15) is 12.6 Å². The first-order chi connectivity index (χ1) is 7.46. The molecule has 0 saturated heterocycles. The van der Waals surface area contributed by atoms with E-state index in [0.29, 0.717) is 17.0 Å². The lowest BCUT2D eigenvalue weighted by molar-refractivity contribution is -0.119. The van der Waals surface area contributed by atoms with E-state index in [0.717, 1.165) is 12.1 Å². The molecule has 0 radical (unpaired) electrons. The largest absolute Gasteiger partial charge is 0.406 e. The second-order valence-corrected chi connectivity index (χ2v) is 4.83. The summed E-state index contributed by atoms with van der Waals surface area (Å²) in [4.78, 5) is 5.40. The summed E-state index contributed by atoms with van der Waals surface area (Å²) in [6.07, 6.45) is -3.45. The zero-order chi connectivity index (χ0) is 12.2. The number of thiazole rings is 1. The predicted molar refractivity (Wildman–Crippen MR) is 63.6 cm³/mol. The number of hydrogen-bond donors (Lipinski definition) is 0. The van der Waals surface area contributed by atoms with E-state index in [1.54, 1.807) is 5.38 Å². The molecule has 0 aliphatic carbocycles. The molecule has 1 rings (SSSR count). The molecule has 0 aliphatic heterocycles. The summed E-state index contributed by atoms with van der Waals surface area (Å²) >= 11 is 4.40. The van der Waals surface area contributed by atoms with Gasteiger partial charge in [-0.3, -0.25) is 0 Å². The normalized spacial score (nSPS) is 11.8. The van der Waals surface area contributed by atoms with Gasteiger partial charge in [0.2, 0.25) is 0 Å². The molecule has 16 heavy (non-hydrogen) atoms. The van der Waals surface area contributed by atoms with Crippen molar-refractivity contribution in [2.24, 2.45) is 0 Å². The summed E-state index contributed by atoms with van der Waals surface area (Å²) < 4.78 is 37.0. The Kier molecular flexibility index (Phi) is 5.04. The summed E-state index contributed by atoms with van der Waals surface area (Å²) in [5.74, 6) is 0. The second kappa shape index (κ2) is 5.86. The van der Waals surface area contributed by atoms with Crippen molar-refractivity contribution in [2.45, 2.75) is 19.5 Å². The third-order valence-electron chi connectivity index (χ3n) is 1.90. The fourth-order valence-corrected chi connectivity index (χ4v) is 2.53. The molecule has 0 spiro atoms. The van der Waals surface area contributed by atoms with Gasteiger partial charge in [-0.1, -0.05) is 22.9 Å². The van der Waals surface area contributed by atoms with E-state index in [1.807, 2.05) is 6.92 Å². The molecule has 0 aromatic carbocycles. The van der Waals surface area contributed by atoms with Gasteiger partial charge in [0.1, 0.15) is 6.54 Å². The van der Waals surface area contributed by atoms with Crippen LogP contribution in [0, 0.1) is 0 Å². The number of aromatic nitrogens is 1. The van der Waals surface area contributed by atoms with Gasteiger partial charge < -0.3 is 4.90 Å². The van der Waals surface area contributed by atoms with Crippen molar-refractivity contribution >= 4 is 32.4 Å². The van der Waals surface area contributed by atoms with Gasteiger partial charge in [0.15, 0.2) is 5.13 Å². The van der Waals surface area contributed by atoms with Gasteiger partial charge >= 0.3 is 6.18 Å². The van der Waals surface area contributed by atoms with Gasteiger partial charge in [-0.05, 0) is 6.42 Å². The summed E-state index contributed by atoms with van der Waals surface area (Å²) in [6, 6.07) is 0. The molecular formula is C9H12BrF3N2S. The highest BCUT2D eigenvalue weighted by Gasteiger charge is 2.31. The topological polar surface area (TPSA) is 16.1 Å². The number of aryl methyl sites for hydroxylation is 1. The summed E-state index contributed by atoms with van der Waals surface area (Å²) in [7, 11) is 0. The van der Waals surface area contributed by atoms with Gasteiger partial charge in [-0.25, -0.2) is 4.98 Å². The van der Waals surface area contributed by atoms with E-state index in [9.17, 15) is 13.2 Å². The highest BCUT2D eigenvalue weighted by atomic mass is 79.9. The van der Waals surface area contributed by atoms with Crippen LogP contribution < -0.4 is 4.90 Å². The van der Waals surface area contributed by atoms with Crippen molar-refractivity contribution in [2.75, 3.05) is 23.3 Å². The Bertz CT molecular complexity index is 327. The molecule has 0 saturated carbocycles. The Balaban J connectivity index is 2.76. The van der Waals surface area contributed by atoms with E-state index in [4.69, 9.17) is 0 Å². The molecule has 0 bridgehead atoms. The summed E-state index contributed by atoms with van der Waals surface area (Å²) in [5.41, 5.74) is 0.835. The second-order valence-electron chi connectivity index (χ2n) is 3.20. The number of rotatable bonds is 5. The lowest BCUT2D eigenvalue weighted by Gasteiger charge is -2.22. The monoisotopic (exact) mass is 316 g/mol. The Morgan fingerprint density at radius 3 is 2.62 bits per heavy atom. The van der Waals surface area contributed by atoms with E-state index < -0.39 is 12.7 Å². The Labute approximate surface area is 105 Å². The van der Waals surface area contributed by atoms with Crippen LogP contribution in [0.3, 0.4) is 0 Å². The van der Waals surface area contributed by atoms with Gasteiger partial charge in [-0.15, -0.1) is 11.3 Å². The quantitative estimate of drug-likeness (QED) is 0.773. The molecule has 0 fully saturated rings. The minimum absolute atomic E-state index is 0.302. The SMILES string of the molecule is CCc1csc(N(CCBr)CC(F)(F)F)n1. The van der Waals surface area contributed by atoms with Crippen LogP contribution in [0.25, 0.3) is 0 Å². The van der Waals surface area contributed by atoms with Crippen molar-refractivity contribution in [3.05, 3.63) is 11.1 Å². The molecular weight excluding hydrogens is 305 g/mol. The molecule has 7 heteroatoms. The lowest BCUT2D eigenvalue weighted by atomic mass is 10.4. The maximum Gasteiger partial charge on any atom is 0.406 e. The molecule has 1 aromatic heterocycles. The molecule has 1 aromatic rings. The van der Waals surface area contributed by atoms with Crippen molar-refractivity contribution in [1.29, 1.82) is 0 Å². The van der Waals surface area contributed by atoms with Gasteiger partial charge in [0.25, 0.3) is 0 Å². The van der Waals surface area contributed by atoms with Crippen molar-refractivity contribution < 1.29 is 13.2 Å². The van der Waals surface area contributed by atoms with Crippen LogP contribution in [-0.2, 0) is 6.42 Å². The number of hydrogen-bond acceptors (Lipinski definition) is 3. The first kappa shape index (κ1) is 13.8. The van der Waals surface area contributed by atoms with Gasteiger partial charge in [-0.2, -0.15) is 13.2 Å². The third kappa shape index (κ3) is 4.29. The Hall–Kier alpha value is -0.300. The fourth-order valence-electron chi connectivity index (χ4n) is 1.16. The molecule has 1 heterocycles. The van der Waals surface area contributed by atoms with Crippen LogP contribution in [0.4, 0.5) is 18.3 Å². The van der Waals surface area contributed by atoms with Crippen LogP contribution in [0.5, 0.6) is 0 Å². The Morgan fingerprint density at radius 1 is 1.50 bits per heavy atom. The van der Waals surface area contributed by atoms with E-state index in [-0.39, 0.29) is 0 Å².